The van der Waals surface area contributed by atoms with E-state index in [0.717, 1.165) is 35.0 Å². The molecule has 0 spiro atoms. The Balaban J connectivity index is 1.46. The second-order valence-corrected chi connectivity index (χ2v) is 10.9. The molecule has 8 aliphatic rings. The molecule has 0 heterocycles. The number of hydrogen-bond acceptors (Lipinski definition) is 0. The van der Waals surface area contributed by atoms with Crippen LogP contribution >= 0.6 is 0 Å². The summed E-state index contributed by atoms with van der Waals surface area (Å²) >= 11 is 0. The van der Waals surface area contributed by atoms with Crippen molar-refractivity contribution in [2.45, 2.75) is 77.0 Å². The van der Waals surface area contributed by atoms with Gasteiger partial charge >= 0.3 is 0 Å². The highest BCUT2D eigenvalue weighted by atomic mass is 14.7. The van der Waals surface area contributed by atoms with Gasteiger partial charge in [-0.15, -0.1) is 6.42 Å². The lowest BCUT2D eigenvalue weighted by atomic mass is 9.33. The van der Waals surface area contributed by atoms with Gasteiger partial charge in [0.25, 0.3) is 0 Å². The van der Waals surface area contributed by atoms with Crippen LogP contribution in [0.5, 0.6) is 0 Å². The molecule has 0 nitrogen and oxygen atoms in total. The van der Waals surface area contributed by atoms with Crippen molar-refractivity contribution in [2.75, 3.05) is 0 Å². The third-order valence-corrected chi connectivity index (χ3v) is 9.53. The highest BCUT2D eigenvalue weighted by Gasteiger charge is 2.67. The average Bonchev–Trinajstić information content (AvgIpc) is 2.44. The topological polar surface area (TPSA) is 0 Å². The molecular weight excluding hydrogens is 264 g/mol. The second-order valence-electron chi connectivity index (χ2n) is 10.9. The van der Waals surface area contributed by atoms with Crippen LogP contribution < -0.4 is 0 Å². The normalized spacial score (nSPS) is 64.0. The molecule has 8 rings (SSSR count). The van der Waals surface area contributed by atoms with Crippen LogP contribution in [0.2, 0.25) is 0 Å². The van der Waals surface area contributed by atoms with Crippen molar-refractivity contribution < 1.29 is 0 Å². The Morgan fingerprint density at radius 3 is 1.55 bits per heavy atom. The van der Waals surface area contributed by atoms with Crippen molar-refractivity contribution in [3.05, 3.63) is 0 Å². The van der Waals surface area contributed by atoms with Crippen LogP contribution in [0.15, 0.2) is 0 Å². The summed E-state index contributed by atoms with van der Waals surface area (Å²) < 4.78 is 0. The fourth-order valence-electron chi connectivity index (χ4n) is 9.81. The van der Waals surface area contributed by atoms with Crippen molar-refractivity contribution in [1.29, 1.82) is 0 Å². The van der Waals surface area contributed by atoms with Gasteiger partial charge in [0.15, 0.2) is 0 Å². The maximum atomic E-state index is 6.13. The standard InChI is InChI=1S/C22H30/c1-2-20-7-18-6-19(8-20)13-22(12-18,14-20)21-9-15-3-16(10-21)5-17(4-15)11-21/h1,15-19H,3-14H2. The molecule has 8 saturated carbocycles. The average molecular weight is 294 g/mol. The Morgan fingerprint density at radius 2 is 1.05 bits per heavy atom. The minimum atomic E-state index is 0.327. The highest BCUT2D eigenvalue weighted by Crippen LogP contribution is 2.76. The molecule has 0 aliphatic heterocycles. The van der Waals surface area contributed by atoms with Gasteiger partial charge in [0.2, 0.25) is 0 Å². The van der Waals surface area contributed by atoms with E-state index in [0.29, 0.717) is 10.8 Å². The van der Waals surface area contributed by atoms with Crippen LogP contribution in [0.25, 0.3) is 0 Å². The van der Waals surface area contributed by atoms with Crippen molar-refractivity contribution in [3.63, 3.8) is 0 Å². The molecule has 0 aromatic carbocycles. The lowest BCUT2D eigenvalue weighted by Gasteiger charge is -2.71. The van der Waals surface area contributed by atoms with Gasteiger partial charge in [-0.25, -0.2) is 0 Å². The summed E-state index contributed by atoms with van der Waals surface area (Å²) in [4.78, 5) is 0. The number of terminal acetylenes is 1. The van der Waals surface area contributed by atoms with E-state index in [4.69, 9.17) is 6.42 Å². The zero-order chi connectivity index (χ0) is 14.6. The van der Waals surface area contributed by atoms with E-state index in [1.165, 1.54) is 25.7 Å². The van der Waals surface area contributed by atoms with E-state index in [1.807, 2.05) is 0 Å². The van der Waals surface area contributed by atoms with E-state index < -0.39 is 0 Å². The summed E-state index contributed by atoms with van der Waals surface area (Å²) in [5.41, 5.74) is 1.74. The minimum absolute atomic E-state index is 0.327. The maximum Gasteiger partial charge on any atom is 0.0322 e. The lowest BCUT2D eigenvalue weighted by molar-refractivity contribution is -0.210. The Labute approximate surface area is 135 Å². The summed E-state index contributed by atoms with van der Waals surface area (Å²) in [5.74, 6) is 8.64. The van der Waals surface area contributed by atoms with Gasteiger partial charge in [-0.1, -0.05) is 5.92 Å². The molecule has 2 atom stereocenters. The molecule has 0 aromatic heterocycles. The van der Waals surface area contributed by atoms with Crippen molar-refractivity contribution in [2.24, 2.45) is 45.8 Å². The monoisotopic (exact) mass is 294 g/mol. The molecule has 8 aliphatic carbocycles. The molecule has 0 N–H and O–H groups in total. The molecule has 0 amide bonds. The third kappa shape index (κ3) is 1.43. The van der Waals surface area contributed by atoms with Crippen molar-refractivity contribution >= 4 is 0 Å². The summed E-state index contributed by atoms with van der Waals surface area (Å²) in [6.07, 6.45) is 24.5. The summed E-state index contributed by atoms with van der Waals surface area (Å²) in [6, 6.07) is 0. The van der Waals surface area contributed by atoms with Crippen molar-refractivity contribution in [3.8, 4) is 12.3 Å². The molecular formula is C22H30. The largest absolute Gasteiger partial charge is 0.120 e. The predicted octanol–water partition coefficient (Wildman–Crippen LogP) is 5.42. The summed E-state index contributed by atoms with van der Waals surface area (Å²) in [5, 5.41) is 0. The molecule has 8 fully saturated rings. The number of hydrogen-bond donors (Lipinski definition) is 0. The Morgan fingerprint density at radius 1 is 0.591 bits per heavy atom. The SMILES string of the molecule is C#CC12CC3CC(C1)CC(C14CC5CC(CC(C5)C1)C4)(C3)C2. The summed E-state index contributed by atoms with van der Waals surface area (Å²) in [6.45, 7) is 0. The van der Waals surface area contributed by atoms with Crippen LogP contribution in [0, 0.1) is 58.2 Å². The second kappa shape index (κ2) is 3.79. The highest BCUT2D eigenvalue weighted by molar-refractivity contribution is 5.22. The molecule has 22 heavy (non-hydrogen) atoms. The number of rotatable bonds is 1. The van der Waals surface area contributed by atoms with Crippen LogP contribution in [-0.4, -0.2) is 0 Å². The van der Waals surface area contributed by atoms with E-state index >= 15 is 0 Å². The molecule has 8 bridgehead atoms. The smallest absolute Gasteiger partial charge is 0.0322 e. The van der Waals surface area contributed by atoms with E-state index in [-0.39, 0.29) is 0 Å². The first-order valence-corrected chi connectivity index (χ1v) is 10.1. The van der Waals surface area contributed by atoms with E-state index in [2.05, 4.69) is 5.92 Å². The maximum absolute atomic E-state index is 6.13. The van der Waals surface area contributed by atoms with Crippen LogP contribution in [0.4, 0.5) is 0 Å². The summed E-state index contributed by atoms with van der Waals surface area (Å²) in [7, 11) is 0. The van der Waals surface area contributed by atoms with Crippen LogP contribution in [0.3, 0.4) is 0 Å². The zero-order valence-electron chi connectivity index (χ0n) is 13.9. The first-order valence-electron chi connectivity index (χ1n) is 10.1. The van der Waals surface area contributed by atoms with Gasteiger partial charge in [0.05, 0.1) is 0 Å². The quantitative estimate of drug-likeness (QED) is 0.566. The van der Waals surface area contributed by atoms with Gasteiger partial charge < -0.3 is 0 Å². The van der Waals surface area contributed by atoms with E-state index in [9.17, 15) is 0 Å². The van der Waals surface area contributed by atoms with Gasteiger partial charge in [-0.3, -0.25) is 0 Å². The van der Waals surface area contributed by atoms with Gasteiger partial charge in [0.1, 0.15) is 0 Å². The fraction of sp³-hybridized carbons (Fsp3) is 0.909. The first-order chi connectivity index (χ1) is 10.6. The predicted molar refractivity (Wildman–Crippen MR) is 89.0 cm³/mol. The molecule has 0 aromatic rings. The van der Waals surface area contributed by atoms with Gasteiger partial charge in [0, 0.05) is 5.41 Å². The molecule has 118 valence electrons. The Bertz CT molecular complexity index is 512. The molecule has 0 heteroatoms. The fourth-order valence-corrected chi connectivity index (χ4v) is 9.81. The molecule has 0 radical (unpaired) electrons. The van der Waals surface area contributed by atoms with Gasteiger partial charge in [-0.2, -0.15) is 0 Å². The Hall–Kier alpha value is -0.440. The molecule has 0 saturated heterocycles. The first kappa shape index (κ1) is 12.9. The van der Waals surface area contributed by atoms with Crippen molar-refractivity contribution in [1.82, 2.24) is 0 Å². The minimum Gasteiger partial charge on any atom is -0.120 e. The Kier molecular flexibility index (Phi) is 2.23. The lowest BCUT2D eigenvalue weighted by Crippen LogP contribution is -2.62. The zero-order valence-corrected chi connectivity index (χ0v) is 13.9. The molecule has 2 unspecified atom stereocenters. The van der Waals surface area contributed by atoms with Gasteiger partial charge in [-0.05, 0) is 117 Å². The van der Waals surface area contributed by atoms with E-state index in [1.54, 1.807) is 51.4 Å². The third-order valence-electron chi connectivity index (χ3n) is 9.53. The van der Waals surface area contributed by atoms with Crippen LogP contribution in [0.1, 0.15) is 77.0 Å². The van der Waals surface area contributed by atoms with Crippen LogP contribution in [-0.2, 0) is 0 Å².